The van der Waals surface area contributed by atoms with E-state index in [2.05, 4.69) is 5.10 Å². The number of hydrogen-bond donors (Lipinski definition) is 0. The predicted molar refractivity (Wildman–Crippen MR) is 44.5 cm³/mol. The van der Waals surface area contributed by atoms with E-state index in [1.165, 1.54) is 5.06 Å². The molecule has 0 atom stereocenters. The Kier molecular flexibility index (Phi) is 2.27. The van der Waals surface area contributed by atoms with Crippen molar-refractivity contribution in [3.8, 4) is 0 Å². The standard InChI is InChI=1S/C8H11N3O2/c12-8(11-5-2-6-13-11)7-10-4-1-3-9-10/h1,3-4H,2,5-7H2. The summed E-state index contributed by atoms with van der Waals surface area (Å²) in [5.41, 5.74) is 0. The lowest BCUT2D eigenvalue weighted by Crippen LogP contribution is -2.30. The van der Waals surface area contributed by atoms with E-state index in [0.29, 0.717) is 13.2 Å². The van der Waals surface area contributed by atoms with Gasteiger partial charge < -0.3 is 0 Å². The Balaban J connectivity index is 1.91. The summed E-state index contributed by atoms with van der Waals surface area (Å²) >= 11 is 0. The van der Waals surface area contributed by atoms with Crippen molar-refractivity contribution in [1.29, 1.82) is 0 Å². The fourth-order valence-corrected chi connectivity index (χ4v) is 1.26. The average Bonchev–Trinajstić information content (AvgIpc) is 2.74. The van der Waals surface area contributed by atoms with Crippen LogP contribution in [0, 0.1) is 0 Å². The predicted octanol–water partition coefficient (Wildman–Crippen LogP) is 0.0470. The van der Waals surface area contributed by atoms with E-state index in [9.17, 15) is 4.79 Å². The molecule has 2 rings (SSSR count). The summed E-state index contributed by atoms with van der Waals surface area (Å²) in [5.74, 6) is -0.0406. The van der Waals surface area contributed by atoms with Crippen LogP contribution >= 0.6 is 0 Å². The lowest BCUT2D eigenvalue weighted by atomic mass is 10.4. The van der Waals surface area contributed by atoms with Crippen LogP contribution in [0.15, 0.2) is 18.5 Å². The summed E-state index contributed by atoms with van der Waals surface area (Å²) in [7, 11) is 0. The second kappa shape index (κ2) is 3.57. The van der Waals surface area contributed by atoms with Gasteiger partial charge in [-0.3, -0.25) is 14.3 Å². The number of hydrogen-bond acceptors (Lipinski definition) is 3. The van der Waals surface area contributed by atoms with Crippen molar-refractivity contribution in [3.63, 3.8) is 0 Å². The summed E-state index contributed by atoms with van der Waals surface area (Å²) in [4.78, 5) is 16.6. The number of amides is 1. The van der Waals surface area contributed by atoms with E-state index in [1.807, 2.05) is 0 Å². The first-order valence-electron chi connectivity index (χ1n) is 4.27. The molecule has 1 aromatic rings. The van der Waals surface area contributed by atoms with Gasteiger partial charge in [0.15, 0.2) is 0 Å². The first-order valence-corrected chi connectivity index (χ1v) is 4.27. The van der Waals surface area contributed by atoms with Gasteiger partial charge in [-0.05, 0) is 12.5 Å². The maximum absolute atomic E-state index is 11.5. The maximum atomic E-state index is 11.5. The van der Waals surface area contributed by atoms with Crippen LogP contribution in [0.3, 0.4) is 0 Å². The van der Waals surface area contributed by atoms with Gasteiger partial charge in [-0.2, -0.15) is 5.10 Å². The molecule has 0 radical (unpaired) electrons. The summed E-state index contributed by atoms with van der Waals surface area (Å²) in [5, 5.41) is 5.35. The lowest BCUT2D eigenvalue weighted by Gasteiger charge is -2.13. The topological polar surface area (TPSA) is 47.4 Å². The molecule has 5 heteroatoms. The van der Waals surface area contributed by atoms with Crippen molar-refractivity contribution < 1.29 is 9.63 Å². The van der Waals surface area contributed by atoms with Crippen LogP contribution in [0.25, 0.3) is 0 Å². The molecule has 1 aromatic heterocycles. The highest BCUT2D eigenvalue weighted by atomic mass is 16.7. The molecule has 1 fully saturated rings. The highest BCUT2D eigenvalue weighted by molar-refractivity contribution is 5.74. The minimum Gasteiger partial charge on any atom is -0.271 e. The summed E-state index contributed by atoms with van der Waals surface area (Å²) in [6.45, 7) is 1.60. The first-order chi connectivity index (χ1) is 6.36. The molecule has 0 spiro atoms. The van der Waals surface area contributed by atoms with E-state index < -0.39 is 0 Å². The van der Waals surface area contributed by atoms with Crippen molar-refractivity contribution in [3.05, 3.63) is 18.5 Å². The number of nitrogens with zero attached hydrogens (tertiary/aromatic N) is 3. The first kappa shape index (κ1) is 8.25. The third kappa shape index (κ3) is 1.86. The zero-order chi connectivity index (χ0) is 9.10. The molecule has 0 unspecified atom stereocenters. The third-order valence-electron chi connectivity index (χ3n) is 1.89. The molecule has 5 nitrogen and oxygen atoms in total. The van der Waals surface area contributed by atoms with Crippen LogP contribution in [0.5, 0.6) is 0 Å². The minimum atomic E-state index is -0.0406. The molecule has 70 valence electrons. The van der Waals surface area contributed by atoms with Gasteiger partial charge in [0.2, 0.25) is 0 Å². The Morgan fingerprint density at radius 2 is 2.54 bits per heavy atom. The van der Waals surface area contributed by atoms with E-state index in [0.717, 1.165) is 6.42 Å². The number of hydroxylamine groups is 2. The van der Waals surface area contributed by atoms with E-state index in [4.69, 9.17) is 4.84 Å². The number of carbonyl (C=O) groups is 1. The monoisotopic (exact) mass is 181 g/mol. The molecule has 0 N–H and O–H groups in total. The summed E-state index contributed by atoms with van der Waals surface area (Å²) < 4.78 is 1.59. The quantitative estimate of drug-likeness (QED) is 0.647. The molecule has 1 aliphatic rings. The van der Waals surface area contributed by atoms with E-state index >= 15 is 0 Å². The van der Waals surface area contributed by atoms with Crippen LogP contribution in [-0.4, -0.2) is 33.9 Å². The molecule has 1 saturated heterocycles. The number of carbonyl (C=O) groups excluding carboxylic acids is 1. The Labute approximate surface area is 75.8 Å². The highest BCUT2D eigenvalue weighted by Crippen LogP contribution is 2.04. The average molecular weight is 181 g/mol. The second-order valence-corrected chi connectivity index (χ2v) is 2.89. The van der Waals surface area contributed by atoms with Crippen LogP contribution in [0.4, 0.5) is 0 Å². The van der Waals surface area contributed by atoms with Gasteiger partial charge in [-0.1, -0.05) is 0 Å². The zero-order valence-electron chi connectivity index (χ0n) is 7.22. The van der Waals surface area contributed by atoms with Gasteiger partial charge >= 0.3 is 0 Å². The van der Waals surface area contributed by atoms with Crippen molar-refractivity contribution >= 4 is 5.91 Å². The van der Waals surface area contributed by atoms with E-state index in [1.54, 1.807) is 23.1 Å². The Hall–Kier alpha value is -1.36. The molecular formula is C8H11N3O2. The van der Waals surface area contributed by atoms with Crippen LogP contribution in [0.2, 0.25) is 0 Å². The zero-order valence-corrected chi connectivity index (χ0v) is 7.22. The summed E-state index contributed by atoms with van der Waals surface area (Å²) in [6, 6.07) is 1.79. The van der Waals surface area contributed by atoms with Crippen LogP contribution < -0.4 is 0 Å². The minimum absolute atomic E-state index is 0.0406. The molecule has 2 heterocycles. The second-order valence-electron chi connectivity index (χ2n) is 2.89. The third-order valence-corrected chi connectivity index (χ3v) is 1.89. The maximum Gasteiger partial charge on any atom is 0.267 e. The smallest absolute Gasteiger partial charge is 0.267 e. The SMILES string of the molecule is O=C(Cn1cccn1)N1CCCO1. The van der Waals surface area contributed by atoms with Gasteiger partial charge in [0.1, 0.15) is 6.54 Å². The fraction of sp³-hybridized carbons (Fsp3) is 0.500. The van der Waals surface area contributed by atoms with Gasteiger partial charge in [0.05, 0.1) is 13.2 Å². The largest absolute Gasteiger partial charge is 0.271 e. The van der Waals surface area contributed by atoms with Gasteiger partial charge in [0, 0.05) is 12.4 Å². The highest BCUT2D eigenvalue weighted by Gasteiger charge is 2.19. The molecule has 1 aliphatic heterocycles. The van der Waals surface area contributed by atoms with E-state index in [-0.39, 0.29) is 12.5 Å². The number of aromatic nitrogens is 2. The molecule has 1 amide bonds. The van der Waals surface area contributed by atoms with Gasteiger partial charge in [-0.25, -0.2) is 5.06 Å². The van der Waals surface area contributed by atoms with Crippen LogP contribution in [-0.2, 0) is 16.2 Å². The Bertz CT molecular complexity index is 278. The molecule has 0 saturated carbocycles. The Morgan fingerprint density at radius 3 is 3.15 bits per heavy atom. The lowest BCUT2D eigenvalue weighted by molar-refractivity contribution is -0.169. The van der Waals surface area contributed by atoms with Crippen LogP contribution in [0.1, 0.15) is 6.42 Å². The van der Waals surface area contributed by atoms with Gasteiger partial charge in [-0.15, -0.1) is 0 Å². The van der Waals surface area contributed by atoms with Crippen molar-refractivity contribution in [2.75, 3.05) is 13.2 Å². The van der Waals surface area contributed by atoms with Crippen molar-refractivity contribution in [1.82, 2.24) is 14.8 Å². The van der Waals surface area contributed by atoms with Gasteiger partial charge in [0.25, 0.3) is 5.91 Å². The molecule has 0 aromatic carbocycles. The molecule has 13 heavy (non-hydrogen) atoms. The molecular weight excluding hydrogens is 170 g/mol. The van der Waals surface area contributed by atoms with Crippen molar-refractivity contribution in [2.45, 2.75) is 13.0 Å². The summed E-state index contributed by atoms with van der Waals surface area (Å²) in [6.07, 6.45) is 4.33. The fourth-order valence-electron chi connectivity index (χ4n) is 1.26. The Morgan fingerprint density at radius 1 is 1.62 bits per heavy atom. The normalized spacial score (nSPS) is 16.5. The van der Waals surface area contributed by atoms with Crippen molar-refractivity contribution in [2.24, 2.45) is 0 Å². The number of rotatable bonds is 2. The molecule has 0 aliphatic carbocycles. The molecule has 0 bridgehead atoms.